The topological polar surface area (TPSA) is 75.3 Å². The van der Waals surface area contributed by atoms with Crippen LogP contribution in [0, 0.1) is 5.82 Å². The molecule has 1 aromatic heterocycles. The van der Waals surface area contributed by atoms with E-state index in [-0.39, 0.29) is 4.21 Å². The van der Waals surface area contributed by atoms with Gasteiger partial charge in [-0.15, -0.1) is 11.3 Å². The molecule has 0 aliphatic carbocycles. The van der Waals surface area contributed by atoms with Crippen molar-refractivity contribution in [3.05, 3.63) is 47.6 Å². The summed E-state index contributed by atoms with van der Waals surface area (Å²) in [6.07, 6.45) is 0. The summed E-state index contributed by atoms with van der Waals surface area (Å²) in [6.45, 7) is 0. The van der Waals surface area contributed by atoms with E-state index in [1.165, 1.54) is 18.2 Å². The molecule has 2 rings (SSSR count). The Bertz CT molecular complexity index is 666. The highest BCUT2D eigenvalue weighted by Gasteiger charge is 2.18. The molecule has 0 radical (unpaired) electrons. The van der Waals surface area contributed by atoms with Gasteiger partial charge in [0.05, 0.1) is 0 Å². The van der Waals surface area contributed by atoms with Crippen LogP contribution in [0.4, 0.5) is 14.9 Å². The number of sulfonamides is 1. The van der Waals surface area contributed by atoms with Gasteiger partial charge in [0, 0.05) is 5.69 Å². The minimum atomic E-state index is -3.86. The highest BCUT2D eigenvalue weighted by molar-refractivity contribution is 7.92. The fourth-order valence-electron chi connectivity index (χ4n) is 1.28. The van der Waals surface area contributed by atoms with Gasteiger partial charge in [-0.2, -0.15) is 0 Å². The van der Waals surface area contributed by atoms with E-state index in [1.807, 2.05) is 4.72 Å². The van der Waals surface area contributed by atoms with E-state index in [4.69, 9.17) is 0 Å². The molecule has 0 bridgehead atoms. The van der Waals surface area contributed by atoms with Crippen LogP contribution in [0.3, 0.4) is 0 Å². The lowest BCUT2D eigenvalue weighted by Gasteiger charge is -2.07. The van der Waals surface area contributed by atoms with Crippen molar-refractivity contribution in [2.75, 3.05) is 5.32 Å². The van der Waals surface area contributed by atoms with Gasteiger partial charge in [0.2, 0.25) is 0 Å². The van der Waals surface area contributed by atoms with E-state index in [2.05, 4.69) is 5.32 Å². The van der Waals surface area contributed by atoms with E-state index in [9.17, 15) is 17.6 Å². The Kier molecular flexibility index (Phi) is 3.82. The average Bonchev–Trinajstić information content (AvgIpc) is 2.85. The minimum Gasteiger partial charge on any atom is -0.307 e. The normalized spacial score (nSPS) is 11.0. The molecule has 0 spiro atoms. The van der Waals surface area contributed by atoms with Crippen LogP contribution in [-0.4, -0.2) is 14.4 Å². The molecule has 1 aromatic carbocycles. The van der Waals surface area contributed by atoms with Crippen LogP contribution in [0.25, 0.3) is 0 Å². The fraction of sp³-hybridized carbons (Fsp3) is 0. The summed E-state index contributed by atoms with van der Waals surface area (Å²) in [7, 11) is -3.86. The lowest BCUT2D eigenvalue weighted by atomic mass is 10.3. The average molecular weight is 300 g/mol. The summed E-state index contributed by atoms with van der Waals surface area (Å²) >= 11 is 1.00. The molecule has 0 unspecified atom stereocenters. The first-order valence-corrected chi connectivity index (χ1v) is 7.46. The molecular formula is C11H9FN2O3S2. The first-order chi connectivity index (χ1) is 8.97. The van der Waals surface area contributed by atoms with Crippen LogP contribution in [0.5, 0.6) is 0 Å². The fourth-order valence-corrected chi connectivity index (χ4v) is 3.18. The Morgan fingerprint density at radius 1 is 1.16 bits per heavy atom. The summed E-state index contributed by atoms with van der Waals surface area (Å²) in [5, 5.41) is 3.89. The third-order valence-corrected chi connectivity index (χ3v) is 4.82. The van der Waals surface area contributed by atoms with Gasteiger partial charge in [-0.05, 0) is 35.7 Å². The Morgan fingerprint density at radius 3 is 2.42 bits per heavy atom. The van der Waals surface area contributed by atoms with Crippen LogP contribution in [0.2, 0.25) is 0 Å². The van der Waals surface area contributed by atoms with E-state index in [1.54, 1.807) is 11.4 Å². The van der Waals surface area contributed by atoms with Crippen molar-refractivity contribution in [2.24, 2.45) is 0 Å². The Balaban J connectivity index is 2.04. The number of nitrogens with one attached hydrogen (secondary N) is 2. The first-order valence-electron chi connectivity index (χ1n) is 5.10. The maximum atomic E-state index is 12.7. The van der Waals surface area contributed by atoms with Crippen molar-refractivity contribution < 1.29 is 17.6 Å². The summed E-state index contributed by atoms with van der Waals surface area (Å²) < 4.78 is 38.0. The second kappa shape index (κ2) is 5.37. The highest BCUT2D eigenvalue weighted by Crippen LogP contribution is 2.15. The maximum Gasteiger partial charge on any atom is 0.333 e. The SMILES string of the molecule is O=C(Nc1ccc(F)cc1)NS(=O)(=O)c1cccs1. The second-order valence-electron chi connectivity index (χ2n) is 3.50. The number of benzene rings is 1. The van der Waals surface area contributed by atoms with Gasteiger partial charge in [0.1, 0.15) is 10.0 Å². The number of carbonyl (C=O) groups is 1. The number of carbonyl (C=O) groups excluding carboxylic acids is 1. The highest BCUT2D eigenvalue weighted by atomic mass is 32.2. The van der Waals surface area contributed by atoms with E-state index in [0.717, 1.165) is 23.5 Å². The number of amides is 2. The molecule has 0 aliphatic rings. The molecule has 100 valence electrons. The van der Waals surface area contributed by atoms with Crippen LogP contribution >= 0.6 is 11.3 Å². The zero-order valence-electron chi connectivity index (χ0n) is 9.46. The quantitative estimate of drug-likeness (QED) is 0.914. The molecular weight excluding hydrogens is 291 g/mol. The molecule has 19 heavy (non-hydrogen) atoms. The van der Waals surface area contributed by atoms with Gasteiger partial charge >= 0.3 is 6.03 Å². The third kappa shape index (κ3) is 3.52. The molecule has 0 aliphatic heterocycles. The maximum absolute atomic E-state index is 12.7. The predicted molar refractivity (Wildman–Crippen MR) is 70.1 cm³/mol. The van der Waals surface area contributed by atoms with Crippen molar-refractivity contribution in [3.63, 3.8) is 0 Å². The molecule has 5 nitrogen and oxygen atoms in total. The lowest BCUT2D eigenvalue weighted by Crippen LogP contribution is -2.33. The molecule has 0 saturated heterocycles. The number of rotatable bonds is 3. The summed E-state index contributed by atoms with van der Waals surface area (Å²) in [4.78, 5) is 11.5. The Hall–Kier alpha value is -1.93. The van der Waals surface area contributed by atoms with Crippen molar-refractivity contribution >= 4 is 33.1 Å². The number of hydrogen-bond acceptors (Lipinski definition) is 4. The minimum absolute atomic E-state index is 0.0433. The van der Waals surface area contributed by atoms with Crippen LogP contribution < -0.4 is 10.0 Å². The number of thiophene rings is 1. The lowest BCUT2D eigenvalue weighted by molar-refractivity contribution is 0.256. The number of anilines is 1. The molecule has 0 atom stereocenters. The predicted octanol–water partition coefficient (Wildman–Crippen LogP) is 2.40. The van der Waals surface area contributed by atoms with Gasteiger partial charge in [-0.25, -0.2) is 22.3 Å². The smallest absolute Gasteiger partial charge is 0.307 e. The van der Waals surface area contributed by atoms with E-state index in [0.29, 0.717) is 5.69 Å². The van der Waals surface area contributed by atoms with E-state index < -0.39 is 21.9 Å². The standard InChI is InChI=1S/C11H9FN2O3S2/c12-8-3-5-9(6-4-8)13-11(15)14-19(16,17)10-2-1-7-18-10/h1-7H,(H2,13,14,15). The Labute approximate surface area is 113 Å². The van der Waals surface area contributed by atoms with Gasteiger partial charge in [0.15, 0.2) is 0 Å². The number of halogens is 1. The van der Waals surface area contributed by atoms with Crippen LogP contribution in [-0.2, 0) is 10.0 Å². The molecule has 0 fully saturated rings. The van der Waals surface area contributed by atoms with Crippen molar-refractivity contribution in [2.45, 2.75) is 4.21 Å². The van der Waals surface area contributed by atoms with Gasteiger partial charge in [-0.3, -0.25) is 0 Å². The summed E-state index contributed by atoms with van der Waals surface area (Å²) in [5.74, 6) is -0.447. The zero-order chi connectivity index (χ0) is 13.9. The molecule has 0 saturated carbocycles. The molecule has 2 aromatic rings. The van der Waals surface area contributed by atoms with Crippen molar-refractivity contribution in [3.8, 4) is 0 Å². The number of urea groups is 1. The van der Waals surface area contributed by atoms with Crippen LogP contribution in [0.15, 0.2) is 46.0 Å². The zero-order valence-corrected chi connectivity index (χ0v) is 11.1. The first kappa shape index (κ1) is 13.5. The van der Waals surface area contributed by atoms with E-state index >= 15 is 0 Å². The second-order valence-corrected chi connectivity index (χ2v) is 6.36. The molecule has 1 heterocycles. The van der Waals surface area contributed by atoms with Crippen molar-refractivity contribution in [1.82, 2.24) is 4.72 Å². The van der Waals surface area contributed by atoms with Crippen LogP contribution in [0.1, 0.15) is 0 Å². The summed E-state index contributed by atoms with van der Waals surface area (Å²) in [6, 6.07) is 7.02. The third-order valence-electron chi connectivity index (χ3n) is 2.09. The largest absolute Gasteiger partial charge is 0.333 e. The van der Waals surface area contributed by atoms with Gasteiger partial charge in [0.25, 0.3) is 10.0 Å². The summed E-state index contributed by atoms with van der Waals surface area (Å²) in [5.41, 5.74) is 0.292. The molecule has 8 heteroatoms. The Morgan fingerprint density at radius 2 is 1.84 bits per heavy atom. The molecule has 2 N–H and O–H groups in total. The van der Waals surface area contributed by atoms with Crippen molar-refractivity contribution in [1.29, 1.82) is 0 Å². The van der Waals surface area contributed by atoms with Gasteiger partial charge in [-0.1, -0.05) is 6.07 Å². The monoisotopic (exact) mass is 300 g/mol. The van der Waals surface area contributed by atoms with Gasteiger partial charge < -0.3 is 5.32 Å². The molecule has 2 amide bonds. The number of hydrogen-bond donors (Lipinski definition) is 2.